The van der Waals surface area contributed by atoms with Gasteiger partial charge in [0.1, 0.15) is 5.69 Å². The van der Waals surface area contributed by atoms with Crippen LogP contribution in [0.2, 0.25) is 0 Å². The smallest absolute Gasteiger partial charge is 0.158 e. The number of aliphatic hydroxyl groups is 1. The van der Waals surface area contributed by atoms with Gasteiger partial charge in [-0.25, -0.2) is 4.98 Å². The quantitative estimate of drug-likeness (QED) is 0.788. The van der Waals surface area contributed by atoms with E-state index in [9.17, 15) is 5.11 Å². The number of fused-ring (bicyclic) bond motifs is 1. The summed E-state index contributed by atoms with van der Waals surface area (Å²) >= 11 is 0. The van der Waals surface area contributed by atoms with Gasteiger partial charge in [0.15, 0.2) is 5.82 Å². The molecule has 0 aliphatic carbocycles. The highest BCUT2D eigenvalue weighted by atomic mass is 16.3. The maximum atomic E-state index is 9.84. The van der Waals surface area contributed by atoms with E-state index in [0.717, 1.165) is 36.6 Å². The van der Waals surface area contributed by atoms with Gasteiger partial charge >= 0.3 is 0 Å². The summed E-state index contributed by atoms with van der Waals surface area (Å²) < 4.78 is 2.07. The second-order valence-electron chi connectivity index (χ2n) is 4.03. The molecule has 0 fully saturated rings. The number of rotatable bonds is 1. The zero-order valence-electron chi connectivity index (χ0n) is 8.87. The Morgan fingerprint density at radius 1 is 1.31 bits per heavy atom. The van der Waals surface area contributed by atoms with Gasteiger partial charge in [0.25, 0.3) is 0 Å². The largest absolute Gasteiger partial charge is 0.387 e. The van der Waals surface area contributed by atoms with Crippen LogP contribution in [0.25, 0.3) is 11.5 Å². The van der Waals surface area contributed by atoms with Crippen LogP contribution in [0.4, 0.5) is 0 Å². The Labute approximate surface area is 93.6 Å². The summed E-state index contributed by atoms with van der Waals surface area (Å²) in [4.78, 5) is 8.65. The second kappa shape index (κ2) is 3.72. The molecule has 0 saturated carbocycles. The van der Waals surface area contributed by atoms with Crippen LogP contribution in [0.3, 0.4) is 0 Å². The maximum absolute atomic E-state index is 9.84. The molecule has 0 aromatic carbocycles. The molecule has 3 heterocycles. The number of nitrogens with zero attached hydrogens (tertiary/aromatic N) is 3. The van der Waals surface area contributed by atoms with Gasteiger partial charge in [-0.15, -0.1) is 0 Å². The number of aromatic nitrogens is 3. The van der Waals surface area contributed by atoms with E-state index in [-0.39, 0.29) is 6.10 Å². The first kappa shape index (κ1) is 9.54. The van der Waals surface area contributed by atoms with Gasteiger partial charge < -0.3 is 9.67 Å². The summed E-state index contributed by atoms with van der Waals surface area (Å²) in [5.41, 5.74) is 1.77. The molecule has 1 unspecified atom stereocenters. The fourth-order valence-corrected chi connectivity index (χ4v) is 2.18. The molecule has 0 spiro atoms. The molecule has 1 aliphatic rings. The van der Waals surface area contributed by atoms with Crippen molar-refractivity contribution >= 4 is 0 Å². The Bertz CT molecular complexity index is 492. The second-order valence-corrected chi connectivity index (χ2v) is 4.03. The highest BCUT2D eigenvalue weighted by Crippen LogP contribution is 2.28. The van der Waals surface area contributed by atoms with Crippen molar-refractivity contribution in [2.75, 3.05) is 0 Å². The molecule has 4 nitrogen and oxygen atoms in total. The third-order valence-corrected chi connectivity index (χ3v) is 2.98. The molecule has 16 heavy (non-hydrogen) atoms. The van der Waals surface area contributed by atoms with Crippen LogP contribution in [0.5, 0.6) is 0 Å². The Balaban J connectivity index is 2.10. The molecule has 0 saturated heterocycles. The number of pyridine rings is 1. The molecule has 0 bridgehead atoms. The zero-order chi connectivity index (χ0) is 11.0. The predicted octanol–water partition coefficient (Wildman–Crippen LogP) is 1.77. The van der Waals surface area contributed by atoms with Gasteiger partial charge in [0, 0.05) is 12.7 Å². The predicted molar refractivity (Wildman–Crippen MR) is 59.7 cm³/mol. The molecule has 3 rings (SSSR count). The first-order valence-electron chi connectivity index (χ1n) is 5.51. The first-order valence-corrected chi connectivity index (χ1v) is 5.51. The summed E-state index contributed by atoms with van der Waals surface area (Å²) in [7, 11) is 0. The molecule has 0 radical (unpaired) electrons. The van der Waals surface area contributed by atoms with Crippen LogP contribution in [-0.4, -0.2) is 19.6 Å². The van der Waals surface area contributed by atoms with Crippen LogP contribution in [0, 0.1) is 0 Å². The summed E-state index contributed by atoms with van der Waals surface area (Å²) in [6.07, 6.45) is 4.96. The number of hydrogen-bond donors (Lipinski definition) is 1. The van der Waals surface area contributed by atoms with Gasteiger partial charge in [-0.3, -0.25) is 4.98 Å². The van der Waals surface area contributed by atoms with Crippen molar-refractivity contribution in [2.24, 2.45) is 0 Å². The zero-order valence-corrected chi connectivity index (χ0v) is 8.87. The van der Waals surface area contributed by atoms with Gasteiger partial charge in [0.05, 0.1) is 18.0 Å². The third kappa shape index (κ3) is 1.42. The summed E-state index contributed by atoms with van der Waals surface area (Å²) in [6.45, 7) is 0.915. The molecule has 82 valence electrons. The minimum absolute atomic E-state index is 0.376. The van der Waals surface area contributed by atoms with Gasteiger partial charge in [-0.2, -0.15) is 0 Å². The van der Waals surface area contributed by atoms with Crippen LogP contribution < -0.4 is 0 Å². The Morgan fingerprint density at radius 3 is 3.06 bits per heavy atom. The lowest BCUT2D eigenvalue weighted by atomic mass is 10.1. The molecule has 1 N–H and O–H groups in total. The molecule has 2 aromatic rings. The van der Waals surface area contributed by atoms with Crippen LogP contribution in [0.1, 0.15) is 24.6 Å². The normalized spacial score (nSPS) is 19.4. The fourth-order valence-electron chi connectivity index (χ4n) is 2.18. The third-order valence-electron chi connectivity index (χ3n) is 2.98. The van der Waals surface area contributed by atoms with Crippen LogP contribution in [0.15, 0.2) is 30.6 Å². The Kier molecular flexibility index (Phi) is 2.22. The van der Waals surface area contributed by atoms with E-state index < -0.39 is 0 Å². The number of imidazole rings is 1. The fraction of sp³-hybridized carbons (Fsp3) is 0.333. The number of aliphatic hydroxyl groups excluding tert-OH is 1. The maximum Gasteiger partial charge on any atom is 0.158 e. The minimum atomic E-state index is -0.376. The van der Waals surface area contributed by atoms with Crippen molar-refractivity contribution in [3.05, 3.63) is 36.3 Å². The van der Waals surface area contributed by atoms with Crippen molar-refractivity contribution in [2.45, 2.75) is 25.5 Å². The monoisotopic (exact) mass is 215 g/mol. The summed E-state index contributed by atoms with van der Waals surface area (Å²) in [5.74, 6) is 0.856. The average molecular weight is 215 g/mol. The topological polar surface area (TPSA) is 50.9 Å². The van der Waals surface area contributed by atoms with E-state index in [4.69, 9.17) is 0 Å². The van der Waals surface area contributed by atoms with Crippen molar-refractivity contribution in [3.63, 3.8) is 0 Å². The van der Waals surface area contributed by atoms with E-state index in [1.165, 1.54) is 0 Å². The summed E-state index contributed by atoms with van der Waals surface area (Å²) in [6, 6.07) is 5.78. The van der Waals surface area contributed by atoms with Crippen LogP contribution >= 0.6 is 0 Å². The molecule has 1 aliphatic heterocycles. The highest BCUT2D eigenvalue weighted by Gasteiger charge is 2.22. The van der Waals surface area contributed by atoms with E-state index >= 15 is 0 Å². The van der Waals surface area contributed by atoms with E-state index in [2.05, 4.69) is 14.5 Å². The standard InChI is InChI=1S/C12H13N3O/c16-11-5-3-7-15-10(11)8-14-12(15)9-4-1-2-6-13-9/h1-2,4,6,8,11,16H,3,5,7H2. The summed E-state index contributed by atoms with van der Waals surface area (Å²) in [5, 5.41) is 9.84. The molecule has 2 aromatic heterocycles. The number of hydrogen-bond acceptors (Lipinski definition) is 3. The molecule has 1 atom stereocenters. The van der Waals surface area contributed by atoms with Crippen molar-refractivity contribution in [3.8, 4) is 11.5 Å². The van der Waals surface area contributed by atoms with E-state index in [1.807, 2.05) is 18.2 Å². The molecule has 4 heteroatoms. The minimum Gasteiger partial charge on any atom is -0.387 e. The van der Waals surface area contributed by atoms with Crippen molar-refractivity contribution < 1.29 is 5.11 Å². The lowest BCUT2D eigenvalue weighted by molar-refractivity contribution is 0.139. The highest BCUT2D eigenvalue weighted by molar-refractivity contribution is 5.50. The molecular formula is C12H13N3O. The van der Waals surface area contributed by atoms with Crippen LogP contribution in [-0.2, 0) is 6.54 Å². The Hall–Kier alpha value is -1.68. The Morgan fingerprint density at radius 2 is 2.25 bits per heavy atom. The van der Waals surface area contributed by atoms with Gasteiger partial charge in [0.2, 0.25) is 0 Å². The van der Waals surface area contributed by atoms with E-state index in [1.54, 1.807) is 12.4 Å². The lowest BCUT2D eigenvalue weighted by Gasteiger charge is -2.20. The average Bonchev–Trinajstić information content (AvgIpc) is 2.75. The molecule has 0 amide bonds. The van der Waals surface area contributed by atoms with Crippen molar-refractivity contribution in [1.82, 2.24) is 14.5 Å². The van der Waals surface area contributed by atoms with Crippen molar-refractivity contribution in [1.29, 1.82) is 0 Å². The van der Waals surface area contributed by atoms with Gasteiger partial charge in [-0.05, 0) is 25.0 Å². The first-order chi connectivity index (χ1) is 7.86. The SMILES string of the molecule is OC1CCCn2c1cnc2-c1ccccn1. The van der Waals surface area contributed by atoms with Gasteiger partial charge in [-0.1, -0.05) is 6.07 Å². The lowest BCUT2D eigenvalue weighted by Crippen LogP contribution is -2.15. The molecular weight excluding hydrogens is 202 g/mol. The van der Waals surface area contributed by atoms with E-state index in [0.29, 0.717) is 0 Å².